The molecule has 2 rings (SSSR count). The zero-order chi connectivity index (χ0) is 14.5. The standard InChI is InChI=1S/C15H13ClFNO2/c1-20-14-7-6-11(17)8-10(14)9-18-15(19)12-4-2-3-5-13(12)16/h2-8H,9H2,1H3,(H,18,19). The van der Waals surface area contributed by atoms with Gasteiger partial charge in [-0.25, -0.2) is 4.39 Å². The zero-order valence-corrected chi connectivity index (χ0v) is 11.6. The molecule has 0 aromatic heterocycles. The third kappa shape index (κ3) is 3.27. The minimum atomic E-state index is -0.382. The highest BCUT2D eigenvalue weighted by Gasteiger charge is 2.11. The van der Waals surface area contributed by atoms with E-state index in [0.717, 1.165) is 0 Å². The molecule has 104 valence electrons. The number of carbonyl (C=O) groups is 1. The van der Waals surface area contributed by atoms with Crippen LogP contribution in [0.4, 0.5) is 4.39 Å². The average molecular weight is 294 g/mol. The maximum atomic E-state index is 13.2. The zero-order valence-electron chi connectivity index (χ0n) is 10.8. The summed E-state index contributed by atoms with van der Waals surface area (Å²) in [5, 5.41) is 3.06. The first-order chi connectivity index (χ1) is 9.61. The largest absolute Gasteiger partial charge is 0.496 e. The van der Waals surface area contributed by atoms with Gasteiger partial charge >= 0.3 is 0 Å². The van der Waals surface area contributed by atoms with E-state index in [4.69, 9.17) is 16.3 Å². The highest BCUT2D eigenvalue weighted by molar-refractivity contribution is 6.33. The van der Waals surface area contributed by atoms with Crippen LogP contribution < -0.4 is 10.1 Å². The van der Waals surface area contributed by atoms with Crippen molar-refractivity contribution >= 4 is 17.5 Å². The Kier molecular flexibility index (Phi) is 4.58. The van der Waals surface area contributed by atoms with Crippen LogP contribution in [-0.2, 0) is 6.54 Å². The number of hydrogen-bond acceptors (Lipinski definition) is 2. The molecule has 3 nitrogen and oxygen atoms in total. The first kappa shape index (κ1) is 14.3. The van der Waals surface area contributed by atoms with Crippen molar-refractivity contribution in [2.24, 2.45) is 0 Å². The molecule has 0 heterocycles. The summed E-state index contributed by atoms with van der Waals surface area (Å²) in [6.45, 7) is 0.158. The molecule has 0 atom stereocenters. The molecule has 0 spiro atoms. The summed E-state index contributed by atoms with van der Waals surface area (Å²) in [5.74, 6) is -0.180. The van der Waals surface area contributed by atoms with Gasteiger partial charge < -0.3 is 10.1 Å². The summed E-state index contributed by atoms with van der Waals surface area (Å²) < 4.78 is 18.3. The third-order valence-corrected chi connectivity index (χ3v) is 3.13. The Morgan fingerprint density at radius 1 is 1.30 bits per heavy atom. The number of nitrogens with one attached hydrogen (secondary N) is 1. The Hall–Kier alpha value is -2.07. The molecule has 1 amide bonds. The summed E-state index contributed by atoms with van der Waals surface area (Å²) in [5.41, 5.74) is 0.942. The topological polar surface area (TPSA) is 38.3 Å². The van der Waals surface area contributed by atoms with Gasteiger partial charge in [-0.15, -0.1) is 0 Å². The lowest BCUT2D eigenvalue weighted by atomic mass is 10.1. The number of ether oxygens (including phenoxy) is 1. The van der Waals surface area contributed by atoms with Gasteiger partial charge in [0.1, 0.15) is 11.6 Å². The van der Waals surface area contributed by atoms with E-state index < -0.39 is 0 Å². The third-order valence-electron chi connectivity index (χ3n) is 2.80. The summed E-state index contributed by atoms with van der Waals surface area (Å²) in [6, 6.07) is 10.9. The predicted molar refractivity (Wildman–Crippen MR) is 75.6 cm³/mol. The number of benzene rings is 2. The minimum absolute atomic E-state index is 0.158. The van der Waals surface area contributed by atoms with E-state index in [1.54, 1.807) is 24.3 Å². The van der Waals surface area contributed by atoms with E-state index >= 15 is 0 Å². The summed E-state index contributed by atoms with van der Waals surface area (Å²) in [7, 11) is 1.49. The van der Waals surface area contributed by atoms with Gasteiger partial charge in [0.15, 0.2) is 0 Å². The first-order valence-electron chi connectivity index (χ1n) is 5.97. The lowest BCUT2D eigenvalue weighted by Gasteiger charge is -2.10. The van der Waals surface area contributed by atoms with E-state index in [1.807, 2.05) is 0 Å². The molecule has 5 heteroatoms. The monoisotopic (exact) mass is 293 g/mol. The summed E-state index contributed by atoms with van der Waals surface area (Å²) in [6.07, 6.45) is 0. The second kappa shape index (κ2) is 6.39. The Balaban J connectivity index is 2.11. The molecule has 20 heavy (non-hydrogen) atoms. The summed E-state index contributed by atoms with van der Waals surface area (Å²) in [4.78, 5) is 12.0. The number of halogens is 2. The van der Waals surface area contributed by atoms with Crippen molar-refractivity contribution in [1.29, 1.82) is 0 Å². The van der Waals surface area contributed by atoms with Crippen LogP contribution in [0.25, 0.3) is 0 Å². The Labute approximate surface area is 121 Å². The van der Waals surface area contributed by atoms with Crippen LogP contribution in [0.3, 0.4) is 0 Å². The van der Waals surface area contributed by atoms with Crippen molar-refractivity contribution in [2.45, 2.75) is 6.54 Å². The normalized spacial score (nSPS) is 10.2. The fourth-order valence-corrected chi connectivity index (χ4v) is 2.02. The maximum absolute atomic E-state index is 13.2. The van der Waals surface area contributed by atoms with E-state index in [-0.39, 0.29) is 18.3 Å². The van der Waals surface area contributed by atoms with Crippen LogP contribution in [0.5, 0.6) is 5.75 Å². The fraction of sp³-hybridized carbons (Fsp3) is 0.133. The van der Waals surface area contributed by atoms with Gasteiger partial charge in [0.05, 0.1) is 17.7 Å². The number of hydrogen-bond donors (Lipinski definition) is 1. The van der Waals surface area contributed by atoms with E-state index in [2.05, 4.69) is 5.32 Å². The molecule has 0 aliphatic heterocycles. The SMILES string of the molecule is COc1ccc(F)cc1CNC(=O)c1ccccc1Cl. The van der Waals surface area contributed by atoms with Crippen LogP contribution in [0.15, 0.2) is 42.5 Å². The van der Waals surface area contributed by atoms with Gasteiger partial charge in [0, 0.05) is 12.1 Å². The van der Waals surface area contributed by atoms with Crippen molar-refractivity contribution in [1.82, 2.24) is 5.32 Å². The molecule has 0 aliphatic carbocycles. The first-order valence-corrected chi connectivity index (χ1v) is 6.34. The fourth-order valence-electron chi connectivity index (χ4n) is 1.80. The number of methoxy groups -OCH3 is 1. The molecule has 1 N–H and O–H groups in total. The molecule has 0 unspecified atom stereocenters. The van der Waals surface area contributed by atoms with E-state index in [0.29, 0.717) is 21.9 Å². The van der Waals surface area contributed by atoms with Gasteiger partial charge in [0.2, 0.25) is 0 Å². The molecule has 2 aromatic carbocycles. The van der Waals surface area contributed by atoms with Crippen LogP contribution >= 0.6 is 11.6 Å². The number of amides is 1. The number of carbonyl (C=O) groups excluding carboxylic acids is 1. The van der Waals surface area contributed by atoms with Crippen molar-refractivity contribution in [3.05, 3.63) is 64.4 Å². The predicted octanol–water partition coefficient (Wildman–Crippen LogP) is 3.42. The second-order valence-corrected chi connectivity index (χ2v) is 4.53. The number of rotatable bonds is 4. The van der Waals surface area contributed by atoms with Crippen LogP contribution in [0.2, 0.25) is 5.02 Å². The highest BCUT2D eigenvalue weighted by Crippen LogP contribution is 2.20. The molecular formula is C15H13ClFNO2. The Morgan fingerprint density at radius 2 is 2.05 bits per heavy atom. The van der Waals surface area contributed by atoms with E-state index in [1.165, 1.54) is 25.3 Å². The quantitative estimate of drug-likeness (QED) is 0.938. The molecule has 0 saturated heterocycles. The lowest BCUT2D eigenvalue weighted by molar-refractivity contribution is 0.0951. The van der Waals surface area contributed by atoms with Crippen LogP contribution in [0.1, 0.15) is 15.9 Å². The second-order valence-electron chi connectivity index (χ2n) is 4.12. The van der Waals surface area contributed by atoms with Crippen LogP contribution in [-0.4, -0.2) is 13.0 Å². The molecule has 0 aliphatic rings. The molecule has 0 fully saturated rings. The molecule has 0 bridgehead atoms. The molecular weight excluding hydrogens is 281 g/mol. The molecule has 0 radical (unpaired) electrons. The smallest absolute Gasteiger partial charge is 0.253 e. The van der Waals surface area contributed by atoms with Gasteiger partial charge in [0.25, 0.3) is 5.91 Å². The Bertz CT molecular complexity index is 631. The van der Waals surface area contributed by atoms with Gasteiger partial charge in [-0.3, -0.25) is 4.79 Å². The van der Waals surface area contributed by atoms with Crippen molar-refractivity contribution < 1.29 is 13.9 Å². The van der Waals surface area contributed by atoms with E-state index in [9.17, 15) is 9.18 Å². The maximum Gasteiger partial charge on any atom is 0.253 e. The molecule has 0 saturated carbocycles. The summed E-state index contributed by atoms with van der Waals surface area (Å²) >= 11 is 5.94. The average Bonchev–Trinajstić information content (AvgIpc) is 2.45. The highest BCUT2D eigenvalue weighted by atomic mass is 35.5. The van der Waals surface area contributed by atoms with Gasteiger partial charge in [-0.2, -0.15) is 0 Å². The molecule has 2 aromatic rings. The van der Waals surface area contributed by atoms with Gasteiger partial charge in [-0.05, 0) is 30.3 Å². The van der Waals surface area contributed by atoms with Crippen molar-refractivity contribution in [3.8, 4) is 5.75 Å². The van der Waals surface area contributed by atoms with Gasteiger partial charge in [-0.1, -0.05) is 23.7 Å². The Morgan fingerprint density at radius 3 is 2.75 bits per heavy atom. The van der Waals surface area contributed by atoms with Crippen LogP contribution in [0, 0.1) is 5.82 Å². The lowest BCUT2D eigenvalue weighted by Crippen LogP contribution is -2.23. The minimum Gasteiger partial charge on any atom is -0.496 e. The van der Waals surface area contributed by atoms with Crippen molar-refractivity contribution in [3.63, 3.8) is 0 Å². The van der Waals surface area contributed by atoms with Crippen molar-refractivity contribution in [2.75, 3.05) is 7.11 Å².